The summed E-state index contributed by atoms with van der Waals surface area (Å²) in [5, 5.41) is 3.19. The first kappa shape index (κ1) is 13.2. The molecule has 0 aromatic heterocycles. The van der Waals surface area contributed by atoms with E-state index in [9.17, 15) is 4.79 Å². The van der Waals surface area contributed by atoms with Gasteiger partial charge in [-0.1, -0.05) is 42.9 Å². The van der Waals surface area contributed by atoms with Gasteiger partial charge in [-0.15, -0.1) is 0 Å². The molecule has 0 spiro atoms. The Morgan fingerprint density at radius 1 is 1.15 bits per heavy atom. The molecule has 1 aliphatic carbocycles. The van der Waals surface area contributed by atoms with Crippen LogP contribution in [0.1, 0.15) is 44.1 Å². The molecule has 104 valence electrons. The van der Waals surface area contributed by atoms with Gasteiger partial charge in [-0.3, -0.25) is 4.79 Å². The van der Waals surface area contributed by atoms with Gasteiger partial charge in [0.05, 0.1) is 0 Å². The van der Waals surface area contributed by atoms with Crippen LogP contribution in [0.2, 0.25) is 0 Å². The number of benzene rings is 1. The highest BCUT2D eigenvalue weighted by Gasteiger charge is 2.42. The standard InChI is InChI=1S/C18H21NO/c20-18-16-12-6-5-11-15(16)17(19-18)13-7-4-10-14-8-2-1-3-9-14/h1-3,8-9,15-17H,5-7,11-13H2,(H,19,20)/t15-,16+,17+/m0/s1. The van der Waals surface area contributed by atoms with Crippen molar-refractivity contribution in [2.45, 2.75) is 44.6 Å². The fraction of sp³-hybridized carbons (Fsp3) is 0.500. The van der Waals surface area contributed by atoms with Gasteiger partial charge in [0.2, 0.25) is 5.91 Å². The Morgan fingerprint density at radius 2 is 1.95 bits per heavy atom. The van der Waals surface area contributed by atoms with Crippen molar-refractivity contribution >= 4 is 5.91 Å². The van der Waals surface area contributed by atoms with Crippen molar-refractivity contribution in [2.75, 3.05) is 0 Å². The highest BCUT2D eigenvalue weighted by Crippen LogP contribution is 2.37. The summed E-state index contributed by atoms with van der Waals surface area (Å²) < 4.78 is 0. The first-order chi connectivity index (χ1) is 9.84. The lowest BCUT2D eigenvalue weighted by molar-refractivity contribution is -0.123. The van der Waals surface area contributed by atoms with E-state index in [1.54, 1.807) is 0 Å². The number of carbonyl (C=O) groups excluding carboxylic acids is 1. The topological polar surface area (TPSA) is 29.1 Å². The lowest BCUT2D eigenvalue weighted by atomic mass is 9.77. The highest BCUT2D eigenvalue weighted by molar-refractivity contribution is 5.82. The molecule has 2 fully saturated rings. The first-order valence-corrected chi connectivity index (χ1v) is 7.69. The molecule has 0 bridgehead atoms. The van der Waals surface area contributed by atoms with E-state index in [-0.39, 0.29) is 11.8 Å². The summed E-state index contributed by atoms with van der Waals surface area (Å²) in [5.74, 6) is 7.57. The second-order valence-electron chi connectivity index (χ2n) is 5.88. The number of nitrogens with one attached hydrogen (secondary N) is 1. The molecule has 1 N–H and O–H groups in total. The van der Waals surface area contributed by atoms with Crippen LogP contribution in [0.25, 0.3) is 0 Å². The van der Waals surface area contributed by atoms with Gasteiger partial charge >= 0.3 is 0 Å². The van der Waals surface area contributed by atoms with Crippen molar-refractivity contribution in [3.05, 3.63) is 35.9 Å². The monoisotopic (exact) mass is 267 g/mol. The van der Waals surface area contributed by atoms with Gasteiger partial charge in [0, 0.05) is 23.9 Å². The van der Waals surface area contributed by atoms with E-state index < -0.39 is 0 Å². The Balaban J connectivity index is 1.54. The molecule has 2 aliphatic rings. The van der Waals surface area contributed by atoms with Crippen LogP contribution < -0.4 is 5.32 Å². The van der Waals surface area contributed by atoms with Crippen LogP contribution >= 0.6 is 0 Å². The maximum absolute atomic E-state index is 11.9. The molecule has 1 saturated heterocycles. The molecular weight excluding hydrogens is 246 g/mol. The lowest BCUT2D eigenvalue weighted by Crippen LogP contribution is -2.29. The van der Waals surface area contributed by atoms with Crippen LogP contribution in [0.5, 0.6) is 0 Å². The van der Waals surface area contributed by atoms with Crippen molar-refractivity contribution in [3.63, 3.8) is 0 Å². The largest absolute Gasteiger partial charge is 0.353 e. The average molecular weight is 267 g/mol. The number of hydrogen-bond donors (Lipinski definition) is 1. The van der Waals surface area contributed by atoms with Crippen LogP contribution in [-0.4, -0.2) is 11.9 Å². The summed E-state index contributed by atoms with van der Waals surface area (Å²) in [6.07, 6.45) is 6.65. The number of hydrogen-bond acceptors (Lipinski definition) is 1. The van der Waals surface area contributed by atoms with Crippen molar-refractivity contribution in [2.24, 2.45) is 11.8 Å². The summed E-state index contributed by atoms with van der Waals surface area (Å²) in [4.78, 5) is 11.9. The summed E-state index contributed by atoms with van der Waals surface area (Å²) in [7, 11) is 0. The summed E-state index contributed by atoms with van der Waals surface area (Å²) in [5.41, 5.74) is 1.07. The van der Waals surface area contributed by atoms with Gasteiger partial charge in [0.1, 0.15) is 0 Å². The smallest absolute Gasteiger partial charge is 0.223 e. The van der Waals surface area contributed by atoms with E-state index >= 15 is 0 Å². The molecule has 1 aromatic rings. The van der Waals surface area contributed by atoms with E-state index in [0.717, 1.165) is 24.8 Å². The fourth-order valence-electron chi connectivity index (χ4n) is 3.56. The van der Waals surface area contributed by atoms with Crippen molar-refractivity contribution in [1.29, 1.82) is 0 Å². The molecular formula is C18H21NO. The number of fused-ring (bicyclic) bond motifs is 1. The third-order valence-corrected chi connectivity index (χ3v) is 4.59. The maximum atomic E-state index is 11.9. The Hall–Kier alpha value is -1.75. The van der Waals surface area contributed by atoms with Crippen LogP contribution in [0.15, 0.2) is 30.3 Å². The molecule has 3 atom stereocenters. The molecule has 1 amide bonds. The molecule has 3 rings (SSSR count). The Morgan fingerprint density at radius 3 is 2.80 bits per heavy atom. The third-order valence-electron chi connectivity index (χ3n) is 4.59. The van der Waals surface area contributed by atoms with Crippen molar-refractivity contribution in [3.8, 4) is 11.8 Å². The third kappa shape index (κ3) is 2.88. The minimum Gasteiger partial charge on any atom is -0.353 e. The zero-order chi connectivity index (χ0) is 13.8. The van der Waals surface area contributed by atoms with Crippen molar-refractivity contribution in [1.82, 2.24) is 5.32 Å². The Labute approximate surface area is 121 Å². The molecule has 1 saturated carbocycles. The predicted molar refractivity (Wildman–Crippen MR) is 79.9 cm³/mol. The molecule has 0 unspecified atom stereocenters. The van der Waals surface area contributed by atoms with Crippen LogP contribution in [0.4, 0.5) is 0 Å². The van der Waals surface area contributed by atoms with Gasteiger partial charge in [0.25, 0.3) is 0 Å². The van der Waals surface area contributed by atoms with Crippen molar-refractivity contribution < 1.29 is 4.79 Å². The molecule has 1 heterocycles. The Kier molecular flexibility index (Phi) is 4.06. The van der Waals surface area contributed by atoms with E-state index in [4.69, 9.17) is 0 Å². The second-order valence-corrected chi connectivity index (χ2v) is 5.88. The van der Waals surface area contributed by atoms with Gasteiger partial charge < -0.3 is 5.32 Å². The first-order valence-electron chi connectivity index (χ1n) is 7.69. The molecule has 1 aromatic carbocycles. The average Bonchev–Trinajstić information content (AvgIpc) is 2.82. The number of carbonyl (C=O) groups is 1. The summed E-state index contributed by atoms with van der Waals surface area (Å²) in [6.45, 7) is 0. The fourth-order valence-corrected chi connectivity index (χ4v) is 3.56. The highest BCUT2D eigenvalue weighted by atomic mass is 16.2. The van der Waals surface area contributed by atoms with Gasteiger partial charge in [-0.2, -0.15) is 0 Å². The maximum Gasteiger partial charge on any atom is 0.223 e. The lowest BCUT2D eigenvalue weighted by Gasteiger charge is -2.26. The van der Waals surface area contributed by atoms with E-state index in [1.807, 2.05) is 30.3 Å². The van der Waals surface area contributed by atoms with Crippen LogP contribution in [-0.2, 0) is 4.79 Å². The molecule has 1 aliphatic heterocycles. The second kappa shape index (κ2) is 6.13. The van der Waals surface area contributed by atoms with E-state index in [2.05, 4.69) is 17.2 Å². The molecule has 20 heavy (non-hydrogen) atoms. The Bertz CT molecular complexity index is 525. The zero-order valence-corrected chi connectivity index (χ0v) is 11.8. The molecule has 2 heteroatoms. The van der Waals surface area contributed by atoms with Gasteiger partial charge in [-0.25, -0.2) is 0 Å². The van der Waals surface area contributed by atoms with Gasteiger partial charge in [-0.05, 0) is 37.3 Å². The zero-order valence-electron chi connectivity index (χ0n) is 11.8. The minimum atomic E-state index is 0.288. The van der Waals surface area contributed by atoms with E-state index in [1.165, 1.54) is 19.3 Å². The minimum absolute atomic E-state index is 0.288. The summed E-state index contributed by atoms with van der Waals surface area (Å²) >= 11 is 0. The van der Waals surface area contributed by atoms with E-state index in [0.29, 0.717) is 12.0 Å². The van der Waals surface area contributed by atoms with Crippen LogP contribution in [0, 0.1) is 23.7 Å². The molecule has 2 nitrogen and oxygen atoms in total. The quantitative estimate of drug-likeness (QED) is 0.820. The predicted octanol–water partition coefficient (Wildman–Crippen LogP) is 3.12. The van der Waals surface area contributed by atoms with Gasteiger partial charge in [0.15, 0.2) is 0 Å². The normalized spacial score (nSPS) is 28.2. The molecule has 0 radical (unpaired) electrons. The summed E-state index contributed by atoms with van der Waals surface area (Å²) in [6, 6.07) is 10.4. The van der Waals surface area contributed by atoms with Crippen LogP contribution in [0.3, 0.4) is 0 Å². The SMILES string of the molecule is O=C1N[C@H](CCC#Cc2ccccc2)[C@H]2CCCC[C@@H]12. The number of amides is 1. The number of rotatable bonds is 2.